The maximum Gasteiger partial charge on any atom is 0.262 e. The van der Waals surface area contributed by atoms with Gasteiger partial charge in [-0.2, -0.15) is 10.1 Å². The van der Waals surface area contributed by atoms with Gasteiger partial charge in [-0.1, -0.05) is 41.7 Å². The number of ether oxygens (including phenoxy) is 2. The van der Waals surface area contributed by atoms with E-state index in [1.165, 1.54) is 30.1 Å². The van der Waals surface area contributed by atoms with Crippen LogP contribution in [0.15, 0.2) is 47.6 Å². The Labute approximate surface area is 178 Å². The number of hydrogen-bond donors (Lipinski definition) is 1. The molecular weight excluding hydrogens is 410 g/mol. The van der Waals surface area contributed by atoms with Crippen molar-refractivity contribution in [1.82, 2.24) is 5.01 Å². The largest absolute Gasteiger partial charge is 0.493 e. The molecule has 2 amide bonds. The highest BCUT2D eigenvalue weighted by Crippen LogP contribution is 2.28. The van der Waals surface area contributed by atoms with Crippen LogP contribution in [0.4, 0.5) is 5.69 Å². The highest BCUT2D eigenvalue weighted by atomic mass is 32.2. The lowest BCUT2D eigenvalue weighted by molar-refractivity contribution is -0.124. The lowest BCUT2D eigenvalue weighted by Crippen LogP contribution is -2.22. The number of thiocarbonyl (C=S) groups is 1. The fourth-order valence-corrected chi connectivity index (χ4v) is 3.41. The van der Waals surface area contributed by atoms with Gasteiger partial charge in [-0.15, -0.1) is 0 Å². The van der Waals surface area contributed by atoms with Gasteiger partial charge in [-0.3, -0.25) is 9.59 Å². The zero-order chi connectivity index (χ0) is 20.8. The van der Waals surface area contributed by atoms with Crippen LogP contribution in [-0.4, -0.2) is 46.8 Å². The number of aryl methyl sites for hydroxylation is 1. The number of hydrogen-bond acceptors (Lipinski definition) is 7. The van der Waals surface area contributed by atoms with Gasteiger partial charge >= 0.3 is 0 Å². The molecule has 3 rings (SSSR count). The van der Waals surface area contributed by atoms with E-state index >= 15 is 0 Å². The predicted molar refractivity (Wildman–Crippen MR) is 118 cm³/mol. The van der Waals surface area contributed by atoms with Crippen molar-refractivity contribution in [2.75, 3.05) is 24.8 Å². The summed E-state index contributed by atoms with van der Waals surface area (Å²) in [6, 6.07) is 12.6. The van der Waals surface area contributed by atoms with Crippen LogP contribution >= 0.6 is 24.0 Å². The number of amides is 2. The molecule has 0 aliphatic carbocycles. The molecule has 0 spiro atoms. The Kier molecular flexibility index (Phi) is 6.84. The lowest BCUT2D eigenvalue weighted by Gasteiger charge is -2.12. The van der Waals surface area contributed by atoms with Crippen molar-refractivity contribution in [3.05, 3.63) is 53.6 Å². The third-order valence-corrected chi connectivity index (χ3v) is 5.27. The number of carbonyl (C=O) groups is 2. The summed E-state index contributed by atoms with van der Waals surface area (Å²) >= 11 is 6.37. The Morgan fingerprint density at radius 1 is 1.28 bits per heavy atom. The van der Waals surface area contributed by atoms with Gasteiger partial charge in [0.2, 0.25) is 0 Å². The zero-order valence-electron chi connectivity index (χ0n) is 15.9. The first-order valence-electron chi connectivity index (χ1n) is 8.67. The van der Waals surface area contributed by atoms with Crippen molar-refractivity contribution >= 4 is 52.0 Å². The predicted octanol–water partition coefficient (Wildman–Crippen LogP) is 3.22. The maximum atomic E-state index is 12.1. The van der Waals surface area contributed by atoms with Crippen LogP contribution in [-0.2, 0) is 9.59 Å². The molecule has 1 N–H and O–H groups in total. The first-order valence-corrected chi connectivity index (χ1v) is 10.1. The van der Waals surface area contributed by atoms with E-state index in [1.54, 1.807) is 18.2 Å². The molecule has 7 nitrogen and oxygen atoms in total. The van der Waals surface area contributed by atoms with Crippen LogP contribution in [0.2, 0.25) is 0 Å². The van der Waals surface area contributed by atoms with Crippen LogP contribution in [0.25, 0.3) is 0 Å². The highest BCUT2D eigenvalue weighted by Gasteiger charge is 2.25. The van der Waals surface area contributed by atoms with Gasteiger partial charge < -0.3 is 14.8 Å². The van der Waals surface area contributed by atoms with Crippen molar-refractivity contribution in [1.29, 1.82) is 0 Å². The van der Waals surface area contributed by atoms with E-state index in [0.29, 0.717) is 32.8 Å². The summed E-state index contributed by atoms with van der Waals surface area (Å²) in [7, 11) is 1.51. The van der Waals surface area contributed by atoms with Crippen molar-refractivity contribution < 1.29 is 19.1 Å². The number of thioether (sulfide) groups is 1. The van der Waals surface area contributed by atoms with Gasteiger partial charge in [0, 0.05) is 5.69 Å². The first-order chi connectivity index (χ1) is 14.0. The zero-order valence-corrected chi connectivity index (χ0v) is 17.5. The Balaban J connectivity index is 1.61. The van der Waals surface area contributed by atoms with E-state index < -0.39 is 0 Å². The minimum atomic E-state index is -0.278. The molecule has 150 valence electrons. The molecule has 2 aromatic rings. The molecule has 0 radical (unpaired) electrons. The van der Waals surface area contributed by atoms with Crippen molar-refractivity contribution in [2.45, 2.75) is 6.92 Å². The average Bonchev–Trinajstić information content (AvgIpc) is 3.04. The van der Waals surface area contributed by atoms with Crippen LogP contribution < -0.4 is 14.8 Å². The van der Waals surface area contributed by atoms with Crippen LogP contribution in [0, 0.1) is 6.92 Å². The Morgan fingerprint density at radius 2 is 2.03 bits per heavy atom. The molecule has 1 saturated heterocycles. The maximum absolute atomic E-state index is 12.1. The molecule has 1 aliphatic heterocycles. The monoisotopic (exact) mass is 429 g/mol. The second-order valence-corrected chi connectivity index (χ2v) is 7.73. The number of hydrazone groups is 1. The summed E-state index contributed by atoms with van der Waals surface area (Å²) in [6.07, 6.45) is 1.52. The van der Waals surface area contributed by atoms with Crippen LogP contribution in [0.1, 0.15) is 11.1 Å². The summed E-state index contributed by atoms with van der Waals surface area (Å²) in [6.45, 7) is 1.82. The fraction of sp³-hybridized carbons (Fsp3) is 0.200. The number of benzene rings is 2. The van der Waals surface area contributed by atoms with Gasteiger partial charge in [-0.25, -0.2) is 0 Å². The van der Waals surface area contributed by atoms with E-state index in [9.17, 15) is 9.59 Å². The SMILES string of the molecule is COc1cc(/C=N/N2C(=O)CSC2=S)ccc1OCC(=O)Nc1ccc(C)cc1. The second kappa shape index (κ2) is 9.53. The minimum Gasteiger partial charge on any atom is -0.493 e. The smallest absolute Gasteiger partial charge is 0.262 e. The van der Waals surface area contributed by atoms with Crippen molar-refractivity contribution in [2.24, 2.45) is 5.10 Å². The van der Waals surface area contributed by atoms with E-state index in [2.05, 4.69) is 10.4 Å². The minimum absolute atomic E-state index is 0.150. The van der Waals surface area contributed by atoms with E-state index in [4.69, 9.17) is 21.7 Å². The normalized spacial score (nSPS) is 13.8. The third-order valence-electron chi connectivity index (χ3n) is 3.93. The molecular formula is C20H19N3O4S2. The molecule has 0 unspecified atom stereocenters. The van der Waals surface area contributed by atoms with Crippen molar-refractivity contribution in [3.8, 4) is 11.5 Å². The standard InChI is InChI=1S/C20H19N3O4S2/c1-13-3-6-15(7-4-13)22-18(24)11-27-16-8-5-14(9-17(16)26-2)10-21-23-19(25)12-29-20(23)28/h3-10H,11-12H2,1-2H3,(H,22,24)/b21-10+. The molecule has 0 atom stereocenters. The summed E-state index contributed by atoms with van der Waals surface area (Å²) in [5.74, 6) is 0.744. The topological polar surface area (TPSA) is 80.2 Å². The highest BCUT2D eigenvalue weighted by molar-refractivity contribution is 8.23. The molecule has 0 saturated carbocycles. The molecule has 0 bridgehead atoms. The molecule has 1 fully saturated rings. The second-order valence-electron chi connectivity index (χ2n) is 6.12. The van der Waals surface area contributed by atoms with Gasteiger partial charge in [-0.05, 0) is 42.8 Å². The lowest BCUT2D eigenvalue weighted by atomic mass is 10.2. The number of nitrogens with one attached hydrogen (secondary N) is 1. The summed E-state index contributed by atoms with van der Waals surface area (Å²) < 4.78 is 11.3. The Hall–Kier alpha value is -2.91. The van der Waals surface area contributed by atoms with E-state index in [0.717, 1.165) is 5.56 Å². The molecule has 1 aliphatic rings. The number of nitrogens with zero attached hydrogens (tertiary/aromatic N) is 2. The van der Waals surface area contributed by atoms with Gasteiger partial charge in [0.1, 0.15) is 0 Å². The number of rotatable bonds is 7. The Morgan fingerprint density at radius 3 is 2.69 bits per heavy atom. The quantitative estimate of drug-likeness (QED) is 0.538. The van der Waals surface area contributed by atoms with Gasteiger partial charge in [0.05, 0.1) is 19.1 Å². The molecule has 1 heterocycles. The van der Waals surface area contributed by atoms with Gasteiger partial charge in [0.25, 0.3) is 11.8 Å². The first kappa shape index (κ1) is 20.8. The molecule has 29 heavy (non-hydrogen) atoms. The Bertz CT molecular complexity index is 945. The average molecular weight is 430 g/mol. The van der Waals surface area contributed by atoms with Crippen LogP contribution in [0.5, 0.6) is 11.5 Å². The molecule has 0 aromatic heterocycles. The third kappa shape index (κ3) is 5.55. The number of methoxy groups -OCH3 is 1. The van der Waals surface area contributed by atoms with E-state index in [1.807, 2.05) is 31.2 Å². The summed E-state index contributed by atoms with van der Waals surface area (Å²) in [5, 5.41) is 8.10. The van der Waals surface area contributed by atoms with Crippen molar-refractivity contribution in [3.63, 3.8) is 0 Å². The van der Waals surface area contributed by atoms with Crippen LogP contribution in [0.3, 0.4) is 0 Å². The molecule has 9 heteroatoms. The summed E-state index contributed by atoms with van der Waals surface area (Å²) in [5.41, 5.74) is 2.52. The fourth-order valence-electron chi connectivity index (χ4n) is 2.44. The van der Waals surface area contributed by atoms with Gasteiger partial charge in [0.15, 0.2) is 22.4 Å². The van der Waals surface area contributed by atoms with E-state index in [-0.39, 0.29) is 18.4 Å². The summed E-state index contributed by atoms with van der Waals surface area (Å²) in [4.78, 5) is 23.8. The molecule has 2 aromatic carbocycles. The number of anilines is 1. The number of carbonyl (C=O) groups excluding carboxylic acids is 2.